The van der Waals surface area contributed by atoms with Crippen LogP contribution in [0.5, 0.6) is 0 Å². The molecule has 27 heavy (non-hydrogen) atoms. The third-order valence-electron chi connectivity index (χ3n) is 6.46. The molecule has 1 aromatic heterocycles. The van der Waals surface area contributed by atoms with Crippen LogP contribution in [0, 0.1) is 0 Å². The van der Waals surface area contributed by atoms with E-state index in [1.807, 2.05) is 25.8 Å². The van der Waals surface area contributed by atoms with Crippen LogP contribution in [0.4, 0.5) is 10.5 Å². The molecule has 0 saturated carbocycles. The van der Waals surface area contributed by atoms with Gasteiger partial charge in [0.05, 0.1) is 0 Å². The van der Waals surface area contributed by atoms with Crippen molar-refractivity contribution in [3.05, 3.63) is 29.5 Å². The Morgan fingerprint density at radius 3 is 2.81 bits per heavy atom. The van der Waals surface area contributed by atoms with E-state index in [2.05, 4.69) is 45.9 Å². The van der Waals surface area contributed by atoms with Crippen molar-refractivity contribution in [1.29, 1.82) is 0 Å². The molecule has 6 heteroatoms. The van der Waals surface area contributed by atoms with Gasteiger partial charge in [0.25, 0.3) is 0 Å². The number of H-pyrrole nitrogens is 1. The highest BCUT2D eigenvalue weighted by molar-refractivity contribution is 5.91. The Hall–Kier alpha value is -2.21. The zero-order valence-corrected chi connectivity index (χ0v) is 16.8. The molecule has 1 aliphatic carbocycles. The van der Waals surface area contributed by atoms with Gasteiger partial charge in [0.15, 0.2) is 0 Å². The van der Waals surface area contributed by atoms with E-state index in [1.165, 1.54) is 22.0 Å². The van der Waals surface area contributed by atoms with Crippen LogP contribution in [0.3, 0.4) is 0 Å². The number of likely N-dealkylation sites (tertiary alicyclic amines) is 1. The Kier molecular flexibility index (Phi) is 4.76. The molecule has 1 saturated heterocycles. The predicted molar refractivity (Wildman–Crippen MR) is 111 cm³/mol. The Bertz CT molecular complexity index is 840. The monoisotopic (exact) mass is 369 g/mol. The maximum atomic E-state index is 12.6. The molecule has 1 fully saturated rings. The lowest BCUT2D eigenvalue weighted by molar-refractivity contribution is 0.124. The quantitative estimate of drug-likeness (QED) is 0.776. The third kappa shape index (κ3) is 3.06. The number of rotatable bonds is 4. The summed E-state index contributed by atoms with van der Waals surface area (Å²) in [5, 5.41) is 7.97. The van der Waals surface area contributed by atoms with Crippen LogP contribution in [0.15, 0.2) is 18.3 Å². The van der Waals surface area contributed by atoms with Gasteiger partial charge in [-0.05, 0) is 57.0 Å². The van der Waals surface area contributed by atoms with E-state index in [4.69, 9.17) is 0 Å². The molecular weight excluding hydrogens is 338 g/mol. The Balaban J connectivity index is 1.64. The van der Waals surface area contributed by atoms with E-state index >= 15 is 0 Å². The number of hydrogen-bond donors (Lipinski definition) is 3. The number of carbonyl (C=O) groups is 1. The summed E-state index contributed by atoms with van der Waals surface area (Å²) in [6.45, 7) is 6.45. The summed E-state index contributed by atoms with van der Waals surface area (Å²) in [5.74, 6) is 0.435. The van der Waals surface area contributed by atoms with Crippen molar-refractivity contribution in [1.82, 2.24) is 20.1 Å². The van der Waals surface area contributed by atoms with Crippen molar-refractivity contribution >= 4 is 22.6 Å². The van der Waals surface area contributed by atoms with Gasteiger partial charge in [-0.2, -0.15) is 0 Å². The lowest BCUT2D eigenvalue weighted by Gasteiger charge is -2.46. The van der Waals surface area contributed by atoms with Crippen molar-refractivity contribution in [2.45, 2.75) is 44.7 Å². The maximum absolute atomic E-state index is 12.6. The molecule has 2 heterocycles. The van der Waals surface area contributed by atoms with Crippen molar-refractivity contribution in [2.24, 2.45) is 0 Å². The smallest absolute Gasteiger partial charge is 0.317 e. The van der Waals surface area contributed by atoms with Crippen LogP contribution >= 0.6 is 0 Å². The van der Waals surface area contributed by atoms with Gasteiger partial charge in [-0.1, -0.05) is 0 Å². The zero-order valence-electron chi connectivity index (χ0n) is 16.8. The van der Waals surface area contributed by atoms with Gasteiger partial charge in [0.2, 0.25) is 0 Å². The number of piperidine rings is 1. The minimum Gasteiger partial charge on any atom is -0.388 e. The molecule has 2 amide bonds. The number of anilines is 1. The number of likely N-dealkylation sites (N-methyl/N-ethyl adjacent to an activating group) is 1. The first-order valence-corrected chi connectivity index (χ1v) is 10.1. The van der Waals surface area contributed by atoms with E-state index < -0.39 is 0 Å². The highest BCUT2D eigenvalue weighted by Gasteiger charge is 2.40. The van der Waals surface area contributed by atoms with Gasteiger partial charge >= 0.3 is 6.03 Å². The molecule has 0 bridgehead atoms. The zero-order chi connectivity index (χ0) is 19.1. The summed E-state index contributed by atoms with van der Waals surface area (Å²) in [4.78, 5) is 20.3. The van der Waals surface area contributed by atoms with Crippen molar-refractivity contribution in [3.8, 4) is 0 Å². The highest BCUT2D eigenvalue weighted by atomic mass is 16.2. The Morgan fingerprint density at radius 1 is 1.33 bits per heavy atom. The standard InChI is InChI=1S/C21H31N5O/c1-5-26(6-2)21(27)24-15-9-16-17-8-14(22-3)10-18-20(17)13(11-23-18)7-19(16)25(4)12-15/h8,10-11,15-16,19,22-23H,5-7,9,12H2,1-4H3,(H,24,27)/t15-,16+,19+/m0/s1. The van der Waals surface area contributed by atoms with Crippen molar-refractivity contribution < 1.29 is 4.79 Å². The molecule has 4 rings (SSSR count). The van der Waals surface area contributed by atoms with E-state index in [0.717, 1.165) is 38.2 Å². The fourth-order valence-corrected chi connectivity index (χ4v) is 5.04. The first kappa shape index (κ1) is 18.2. The van der Waals surface area contributed by atoms with Gasteiger partial charge in [0, 0.05) is 67.5 Å². The van der Waals surface area contributed by atoms with E-state index in [-0.39, 0.29) is 12.1 Å². The SMILES string of the molecule is CCN(CC)C(=O)N[C@H]1C[C@@H]2c3cc(NC)cc4[nH]cc(c34)C[C@H]2N(C)C1. The topological polar surface area (TPSA) is 63.4 Å². The average Bonchev–Trinajstić information content (AvgIpc) is 3.07. The van der Waals surface area contributed by atoms with Crippen molar-refractivity contribution in [3.63, 3.8) is 0 Å². The molecule has 0 radical (unpaired) electrons. The van der Waals surface area contributed by atoms with Gasteiger partial charge in [-0.3, -0.25) is 0 Å². The lowest BCUT2D eigenvalue weighted by atomic mass is 9.74. The van der Waals surface area contributed by atoms with Crippen LogP contribution in [0.25, 0.3) is 10.9 Å². The van der Waals surface area contributed by atoms with Gasteiger partial charge < -0.3 is 25.4 Å². The number of aromatic nitrogens is 1. The van der Waals surface area contributed by atoms with Crippen LogP contribution < -0.4 is 10.6 Å². The molecule has 6 nitrogen and oxygen atoms in total. The average molecular weight is 370 g/mol. The fraction of sp³-hybridized carbons (Fsp3) is 0.571. The first-order valence-electron chi connectivity index (χ1n) is 10.1. The second kappa shape index (κ2) is 7.08. The molecule has 2 aliphatic rings. The predicted octanol–water partition coefficient (Wildman–Crippen LogP) is 2.97. The Morgan fingerprint density at radius 2 is 2.11 bits per heavy atom. The molecule has 3 atom stereocenters. The van der Waals surface area contributed by atoms with Crippen molar-refractivity contribution in [2.75, 3.05) is 39.0 Å². The molecule has 2 aromatic rings. The van der Waals surface area contributed by atoms with Crippen LogP contribution in [-0.2, 0) is 6.42 Å². The Labute approximate surface area is 161 Å². The van der Waals surface area contributed by atoms with Crippen LogP contribution in [0.2, 0.25) is 0 Å². The number of nitrogens with zero attached hydrogens (tertiary/aromatic N) is 2. The summed E-state index contributed by atoms with van der Waals surface area (Å²) < 4.78 is 0. The minimum atomic E-state index is 0.0594. The fourth-order valence-electron chi connectivity index (χ4n) is 5.04. The molecule has 0 unspecified atom stereocenters. The summed E-state index contributed by atoms with van der Waals surface area (Å²) in [6.07, 6.45) is 4.24. The maximum Gasteiger partial charge on any atom is 0.317 e. The van der Waals surface area contributed by atoms with E-state index in [1.54, 1.807) is 0 Å². The summed E-state index contributed by atoms with van der Waals surface area (Å²) >= 11 is 0. The number of hydrogen-bond acceptors (Lipinski definition) is 3. The third-order valence-corrected chi connectivity index (χ3v) is 6.46. The molecule has 3 N–H and O–H groups in total. The summed E-state index contributed by atoms with van der Waals surface area (Å²) in [7, 11) is 4.17. The van der Waals surface area contributed by atoms with Gasteiger partial charge in [0.1, 0.15) is 0 Å². The molecule has 1 aliphatic heterocycles. The number of carbonyl (C=O) groups excluding carboxylic acids is 1. The second-order valence-corrected chi connectivity index (χ2v) is 7.92. The normalized spacial score (nSPS) is 24.5. The second-order valence-electron chi connectivity index (χ2n) is 7.92. The minimum absolute atomic E-state index is 0.0594. The number of benzene rings is 1. The molecule has 146 valence electrons. The first-order chi connectivity index (χ1) is 13.0. The lowest BCUT2D eigenvalue weighted by Crippen LogP contribution is -2.56. The number of urea groups is 1. The molecule has 1 aromatic carbocycles. The number of fused-ring (bicyclic) bond motifs is 2. The summed E-state index contributed by atoms with van der Waals surface area (Å²) in [5.41, 5.74) is 5.19. The molecular formula is C21H31N5O. The number of aromatic amines is 1. The van der Waals surface area contributed by atoms with Gasteiger partial charge in [-0.25, -0.2) is 4.79 Å². The number of amides is 2. The highest BCUT2D eigenvalue weighted by Crippen LogP contribution is 2.44. The summed E-state index contributed by atoms with van der Waals surface area (Å²) in [6, 6.07) is 5.22. The molecule has 0 spiro atoms. The largest absolute Gasteiger partial charge is 0.388 e. The van der Waals surface area contributed by atoms with E-state index in [0.29, 0.717) is 12.0 Å². The number of nitrogens with one attached hydrogen (secondary N) is 3. The van der Waals surface area contributed by atoms with Crippen LogP contribution in [-0.4, -0.2) is 66.6 Å². The van der Waals surface area contributed by atoms with E-state index in [9.17, 15) is 4.79 Å². The van der Waals surface area contributed by atoms with Crippen LogP contribution in [0.1, 0.15) is 37.3 Å². The van der Waals surface area contributed by atoms with Gasteiger partial charge in [-0.15, -0.1) is 0 Å².